The molecule has 0 fully saturated rings. The first-order chi connectivity index (χ1) is 11.7. The van der Waals surface area contributed by atoms with Gasteiger partial charge in [0, 0.05) is 0 Å². The maximum atomic E-state index is 12.3. The molecule has 0 bridgehead atoms. The Balaban J connectivity index is 2.44. The molecule has 2 heterocycles. The minimum Gasteiger partial charge on any atom is -0.465 e. The Morgan fingerprint density at radius 2 is 2.08 bits per heavy atom. The number of nitrogens with two attached hydrogens (primary N) is 1. The number of carbonyl (C=O) groups excluding carboxylic acids is 3. The standard InChI is InChI=1S/C12H10BrN5O6S/c1-3-4(12(21)24-2)11(25-7(3)8(14)19)15-10(20)6-5(13)9(17-16-6)18(22)23/h1-2H3,(H2,14,19)(H,15,20)(H,16,17). The van der Waals surface area contributed by atoms with Crippen LogP contribution in [0.25, 0.3) is 0 Å². The molecule has 0 unspecified atom stereocenters. The van der Waals surface area contributed by atoms with Crippen LogP contribution < -0.4 is 11.1 Å². The summed E-state index contributed by atoms with van der Waals surface area (Å²) in [5, 5.41) is 18.9. The fraction of sp³-hybridized carbons (Fsp3) is 0.167. The van der Waals surface area contributed by atoms with Crippen molar-refractivity contribution in [2.45, 2.75) is 6.92 Å². The van der Waals surface area contributed by atoms with Crippen LogP contribution in [0.5, 0.6) is 0 Å². The predicted octanol–water partition coefficient (Wildman–Crippen LogP) is 1.59. The van der Waals surface area contributed by atoms with Crippen LogP contribution in [0.4, 0.5) is 10.8 Å². The Bertz CT molecular complexity index is 904. The molecule has 132 valence electrons. The van der Waals surface area contributed by atoms with Crippen molar-refractivity contribution in [3.05, 3.63) is 36.3 Å². The highest BCUT2D eigenvalue weighted by Gasteiger charge is 2.29. The van der Waals surface area contributed by atoms with E-state index in [4.69, 9.17) is 5.73 Å². The third kappa shape index (κ3) is 3.36. The number of halogens is 1. The van der Waals surface area contributed by atoms with Crippen molar-refractivity contribution in [2.75, 3.05) is 12.4 Å². The molecule has 4 N–H and O–H groups in total. The number of esters is 1. The summed E-state index contributed by atoms with van der Waals surface area (Å²) in [5.41, 5.74) is 5.18. The van der Waals surface area contributed by atoms with Gasteiger partial charge in [-0.2, -0.15) is 0 Å². The van der Waals surface area contributed by atoms with Crippen molar-refractivity contribution in [3.8, 4) is 0 Å². The first-order valence-electron chi connectivity index (χ1n) is 6.40. The van der Waals surface area contributed by atoms with Gasteiger partial charge in [-0.1, -0.05) is 5.10 Å². The molecule has 0 aliphatic carbocycles. The van der Waals surface area contributed by atoms with Gasteiger partial charge in [0.15, 0.2) is 5.69 Å². The molecule has 0 aliphatic rings. The second-order valence-electron chi connectivity index (χ2n) is 4.56. The van der Waals surface area contributed by atoms with Crippen LogP contribution in [0, 0.1) is 17.0 Å². The van der Waals surface area contributed by atoms with Crippen LogP contribution in [0.15, 0.2) is 4.47 Å². The number of nitro groups is 1. The van der Waals surface area contributed by atoms with Crippen molar-refractivity contribution in [1.29, 1.82) is 0 Å². The average Bonchev–Trinajstić information content (AvgIpc) is 3.07. The summed E-state index contributed by atoms with van der Waals surface area (Å²) < 4.78 is 4.49. The number of amides is 2. The van der Waals surface area contributed by atoms with Crippen molar-refractivity contribution in [3.63, 3.8) is 0 Å². The molecule has 0 saturated heterocycles. The SMILES string of the molecule is COC(=O)c1c(NC(=O)c2n[nH]c([N+](=O)[O-])c2Br)sc(C(N)=O)c1C. The van der Waals surface area contributed by atoms with Crippen molar-refractivity contribution in [1.82, 2.24) is 10.2 Å². The number of aromatic amines is 1. The van der Waals surface area contributed by atoms with Gasteiger partial charge in [-0.3, -0.25) is 9.59 Å². The number of aromatic nitrogens is 2. The molecular formula is C12H10BrN5O6S. The van der Waals surface area contributed by atoms with Crippen LogP contribution in [0.3, 0.4) is 0 Å². The summed E-state index contributed by atoms with van der Waals surface area (Å²) in [7, 11) is 1.14. The van der Waals surface area contributed by atoms with Crippen LogP contribution in [0.1, 0.15) is 36.1 Å². The van der Waals surface area contributed by atoms with E-state index in [1.165, 1.54) is 6.92 Å². The summed E-state index contributed by atoms with van der Waals surface area (Å²) in [6.07, 6.45) is 0. The van der Waals surface area contributed by atoms with Gasteiger partial charge >= 0.3 is 11.8 Å². The number of methoxy groups -OCH3 is 1. The number of carbonyl (C=O) groups is 3. The molecule has 0 atom stereocenters. The molecule has 2 aromatic rings. The summed E-state index contributed by atoms with van der Waals surface area (Å²) in [4.78, 5) is 45.8. The highest BCUT2D eigenvalue weighted by molar-refractivity contribution is 9.10. The van der Waals surface area contributed by atoms with Gasteiger partial charge < -0.3 is 25.9 Å². The third-order valence-corrected chi connectivity index (χ3v) is 5.05. The lowest BCUT2D eigenvalue weighted by atomic mass is 10.1. The maximum Gasteiger partial charge on any atom is 0.357 e. The van der Waals surface area contributed by atoms with E-state index >= 15 is 0 Å². The number of nitrogens with one attached hydrogen (secondary N) is 2. The molecule has 2 amide bonds. The Morgan fingerprint density at radius 1 is 1.44 bits per heavy atom. The van der Waals surface area contributed by atoms with Gasteiger partial charge in [-0.25, -0.2) is 4.79 Å². The highest BCUT2D eigenvalue weighted by Crippen LogP contribution is 2.34. The zero-order valence-corrected chi connectivity index (χ0v) is 15.1. The largest absolute Gasteiger partial charge is 0.465 e. The van der Waals surface area contributed by atoms with E-state index in [9.17, 15) is 24.5 Å². The number of H-pyrrole nitrogens is 1. The van der Waals surface area contributed by atoms with Gasteiger partial charge in [0.25, 0.3) is 11.8 Å². The number of anilines is 1. The van der Waals surface area contributed by atoms with Gasteiger partial charge in [0.2, 0.25) is 0 Å². The van der Waals surface area contributed by atoms with E-state index in [0.717, 1.165) is 18.4 Å². The van der Waals surface area contributed by atoms with E-state index < -0.39 is 28.5 Å². The van der Waals surface area contributed by atoms with Crippen molar-refractivity contribution < 1.29 is 24.0 Å². The van der Waals surface area contributed by atoms with Crippen molar-refractivity contribution >= 4 is 55.9 Å². The molecule has 25 heavy (non-hydrogen) atoms. The normalized spacial score (nSPS) is 10.4. The Hall–Kier alpha value is -2.80. The Kier molecular flexibility index (Phi) is 5.18. The maximum absolute atomic E-state index is 12.3. The molecule has 2 rings (SSSR count). The van der Waals surface area contributed by atoms with E-state index in [1.807, 2.05) is 0 Å². The molecule has 0 radical (unpaired) electrons. The monoisotopic (exact) mass is 431 g/mol. The third-order valence-electron chi connectivity index (χ3n) is 3.07. The lowest BCUT2D eigenvalue weighted by Gasteiger charge is -2.04. The smallest absolute Gasteiger partial charge is 0.357 e. The molecule has 0 saturated carbocycles. The molecule has 11 nitrogen and oxygen atoms in total. The molecule has 0 aliphatic heterocycles. The molecule has 2 aromatic heterocycles. The summed E-state index contributed by atoms with van der Waals surface area (Å²) in [6.45, 7) is 1.48. The van der Waals surface area contributed by atoms with Crippen LogP contribution >= 0.6 is 27.3 Å². The minimum absolute atomic E-state index is 0.0145. The molecule has 13 heteroatoms. The summed E-state index contributed by atoms with van der Waals surface area (Å²) >= 11 is 3.70. The second kappa shape index (κ2) is 6.98. The first kappa shape index (κ1) is 18.5. The summed E-state index contributed by atoms with van der Waals surface area (Å²) in [5.74, 6) is -2.88. The predicted molar refractivity (Wildman–Crippen MR) is 89.8 cm³/mol. The number of thiophene rings is 1. The topological polar surface area (TPSA) is 170 Å². The zero-order valence-electron chi connectivity index (χ0n) is 12.7. The fourth-order valence-corrected chi connectivity index (χ4v) is 3.48. The van der Waals surface area contributed by atoms with E-state index in [2.05, 4.69) is 36.2 Å². The van der Waals surface area contributed by atoms with Crippen LogP contribution in [-0.2, 0) is 4.74 Å². The second-order valence-corrected chi connectivity index (χ2v) is 6.38. The van der Waals surface area contributed by atoms with Crippen LogP contribution in [0.2, 0.25) is 0 Å². The lowest BCUT2D eigenvalue weighted by molar-refractivity contribution is -0.390. The number of primary amides is 1. The first-order valence-corrected chi connectivity index (χ1v) is 8.01. The molecular weight excluding hydrogens is 422 g/mol. The zero-order chi connectivity index (χ0) is 18.9. The fourth-order valence-electron chi connectivity index (χ4n) is 1.94. The van der Waals surface area contributed by atoms with Gasteiger partial charge in [0.05, 0.1) is 17.6 Å². The average molecular weight is 432 g/mol. The van der Waals surface area contributed by atoms with Gasteiger partial charge in [0.1, 0.15) is 9.47 Å². The number of hydrogen-bond donors (Lipinski definition) is 3. The van der Waals surface area contributed by atoms with Gasteiger partial charge in [-0.05, 0) is 33.3 Å². The number of ether oxygens (including phenoxy) is 1. The lowest BCUT2D eigenvalue weighted by Crippen LogP contribution is -2.15. The van der Waals surface area contributed by atoms with E-state index in [0.29, 0.717) is 0 Å². The Morgan fingerprint density at radius 3 is 2.56 bits per heavy atom. The molecule has 0 spiro atoms. The quantitative estimate of drug-likeness (QED) is 0.366. The van der Waals surface area contributed by atoms with Gasteiger partial charge in [-0.15, -0.1) is 16.4 Å². The Labute approximate surface area is 151 Å². The number of rotatable bonds is 5. The number of hydrogen-bond acceptors (Lipinski definition) is 8. The molecule has 0 aromatic carbocycles. The van der Waals surface area contributed by atoms with Crippen molar-refractivity contribution in [2.24, 2.45) is 5.73 Å². The van der Waals surface area contributed by atoms with E-state index in [-0.39, 0.29) is 31.2 Å². The summed E-state index contributed by atoms with van der Waals surface area (Å²) in [6, 6.07) is 0. The van der Waals surface area contributed by atoms with Crippen LogP contribution in [-0.4, -0.2) is 40.0 Å². The highest BCUT2D eigenvalue weighted by atomic mass is 79.9. The number of nitrogens with zero attached hydrogens (tertiary/aromatic N) is 2. The minimum atomic E-state index is -0.835. The van der Waals surface area contributed by atoms with E-state index in [1.54, 1.807) is 0 Å².